The third kappa shape index (κ3) is 2.65. The molecule has 1 aromatic heterocycles. The van der Waals surface area contributed by atoms with Crippen LogP contribution in [0.3, 0.4) is 0 Å². The van der Waals surface area contributed by atoms with Crippen LogP contribution in [0.1, 0.15) is 35.6 Å². The van der Waals surface area contributed by atoms with E-state index in [2.05, 4.69) is 10.4 Å². The largest absolute Gasteiger partial charge is 0.396 e. The lowest BCUT2D eigenvalue weighted by atomic mass is 10.0. The Morgan fingerprint density at radius 3 is 3.10 bits per heavy atom. The normalized spacial score (nSPS) is 17.4. The molecule has 0 amide bonds. The van der Waals surface area contributed by atoms with Crippen molar-refractivity contribution in [2.45, 2.75) is 32.2 Å². The number of aryl methyl sites for hydroxylation is 2. The van der Waals surface area contributed by atoms with Gasteiger partial charge in [0.1, 0.15) is 11.6 Å². The molecule has 112 valence electrons. The van der Waals surface area contributed by atoms with Crippen molar-refractivity contribution in [3.63, 3.8) is 0 Å². The third-order valence-electron chi connectivity index (χ3n) is 4.06. The molecule has 0 fully saturated rings. The van der Waals surface area contributed by atoms with Crippen LogP contribution in [0, 0.1) is 12.7 Å². The van der Waals surface area contributed by atoms with Crippen LogP contribution in [-0.2, 0) is 6.42 Å². The Labute approximate surface area is 123 Å². The fourth-order valence-electron chi connectivity index (χ4n) is 2.86. The maximum absolute atomic E-state index is 13.8. The molecule has 0 bridgehead atoms. The first-order valence-corrected chi connectivity index (χ1v) is 7.38. The van der Waals surface area contributed by atoms with Gasteiger partial charge in [0.05, 0.1) is 12.2 Å². The van der Waals surface area contributed by atoms with Crippen molar-refractivity contribution >= 4 is 5.82 Å². The molecule has 2 N–H and O–H groups in total. The van der Waals surface area contributed by atoms with Crippen LogP contribution >= 0.6 is 0 Å². The second-order valence-corrected chi connectivity index (χ2v) is 5.53. The first-order valence-electron chi connectivity index (χ1n) is 7.38. The number of rotatable bonds is 4. The molecule has 2 heterocycles. The van der Waals surface area contributed by atoms with E-state index in [-0.39, 0.29) is 18.5 Å². The van der Waals surface area contributed by atoms with Gasteiger partial charge >= 0.3 is 0 Å². The van der Waals surface area contributed by atoms with Crippen molar-refractivity contribution in [2.24, 2.45) is 0 Å². The van der Waals surface area contributed by atoms with E-state index in [1.165, 1.54) is 0 Å². The summed E-state index contributed by atoms with van der Waals surface area (Å²) < 4.78 is 15.8. The summed E-state index contributed by atoms with van der Waals surface area (Å²) >= 11 is 0. The summed E-state index contributed by atoms with van der Waals surface area (Å²) in [7, 11) is 0. The Bertz CT molecular complexity index is 638. The first-order chi connectivity index (χ1) is 10.2. The first kappa shape index (κ1) is 14.1. The zero-order valence-electron chi connectivity index (χ0n) is 12.1. The molecule has 1 aliphatic rings. The van der Waals surface area contributed by atoms with Gasteiger partial charge in [-0.25, -0.2) is 9.07 Å². The number of nitrogens with one attached hydrogen (secondary N) is 1. The van der Waals surface area contributed by atoms with E-state index in [1.807, 2.05) is 23.0 Å². The number of aromatic nitrogens is 2. The van der Waals surface area contributed by atoms with Gasteiger partial charge in [0, 0.05) is 18.7 Å². The van der Waals surface area contributed by atoms with E-state index in [0.29, 0.717) is 5.56 Å². The van der Waals surface area contributed by atoms with Crippen molar-refractivity contribution in [1.82, 2.24) is 9.78 Å². The Kier molecular flexibility index (Phi) is 3.92. The molecular formula is C16H20FN3O. The second-order valence-electron chi connectivity index (χ2n) is 5.53. The second kappa shape index (κ2) is 5.85. The van der Waals surface area contributed by atoms with Gasteiger partial charge in [-0.15, -0.1) is 0 Å². The summed E-state index contributed by atoms with van der Waals surface area (Å²) in [5.74, 6) is 0.834. The molecule has 1 aromatic carbocycles. The molecule has 3 rings (SSSR count). The number of fused-ring (bicyclic) bond motifs is 1. The quantitative estimate of drug-likeness (QED) is 0.910. The van der Waals surface area contributed by atoms with Crippen LogP contribution in [0.15, 0.2) is 24.4 Å². The van der Waals surface area contributed by atoms with E-state index in [1.54, 1.807) is 13.0 Å². The minimum atomic E-state index is -0.166. The van der Waals surface area contributed by atoms with Crippen LogP contribution in [-0.4, -0.2) is 28.0 Å². The molecule has 21 heavy (non-hydrogen) atoms. The molecule has 4 nitrogen and oxygen atoms in total. The number of anilines is 1. The molecule has 1 unspecified atom stereocenters. The summed E-state index contributed by atoms with van der Waals surface area (Å²) in [6.45, 7) is 2.79. The topological polar surface area (TPSA) is 50.1 Å². The van der Waals surface area contributed by atoms with Crippen molar-refractivity contribution in [2.75, 3.05) is 18.5 Å². The van der Waals surface area contributed by atoms with E-state index in [0.717, 1.165) is 42.8 Å². The van der Waals surface area contributed by atoms with Gasteiger partial charge in [0.2, 0.25) is 0 Å². The Morgan fingerprint density at radius 1 is 1.48 bits per heavy atom. The molecule has 0 spiro atoms. The Balaban J connectivity index is 1.93. The van der Waals surface area contributed by atoms with E-state index in [9.17, 15) is 4.39 Å². The number of nitrogens with zero attached hydrogens (tertiary/aromatic N) is 2. The van der Waals surface area contributed by atoms with Crippen molar-refractivity contribution in [3.8, 4) is 0 Å². The highest BCUT2D eigenvalue weighted by molar-refractivity contribution is 5.47. The van der Waals surface area contributed by atoms with Gasteiger partial charge in [-0.2, -0.15) is 5.10 Å². The van der Waals surface area contributed by atoms with E-state index < -0.39 is 0 Å². The lowest BCUT2D eigenvalue weighted by Crippen LogP contribution is -2.25. The van der Waals surface area contributed by atoms with Crippen LogP contribution in [0.5, 0.6) is 0 Å². The molecule has 0 aliphatic carbocycles. The predicted octanol–water partition coefficient (Wildman–Crippen LogP) is 2.66. The average Bonchev–Trinajstić information content (AvgIpc) is 2.91. The molecule has 2 aromatic rings. The predicted molar refractivity (Wildman–Crippen MR) is 80.0 cm³/mol. The van der Waals surface area contributed by atoms with Crippen LogP contribution in [0.25, 0.3) is 0 Å². The van der Waals surface area contributed by atoms with Crippen molar-refractivity contribution in [3.05, 3.63) is 46.9 Å². The van der Waals surface area contributed by atoms with Gasteiger partial charge in [0.25, 0.3) is 0 Å². The maximum atomic E-state index is 13.8. The zero-order valence-corrected chi connectivity index (χ0v) is 12.1. The van der Waals surface area contributed by atoms with Crippen LogP contribution in [0.4, 0.5) is 10.2 Å². The minimum Gasteiger partial charge on any atom is -0.396 e. The molecule has 0 saturated heterocycles. The minimum absolute atomic E-state index is 0.0687. The lowest BCUT2D eigenvalue weighted by Gasteiger charge is -2.27. The summed E-state index contributed by atoms with van der Waals surface area (Å²) in [5.41, 5.74) is 2.73. The summed E-state index contributed by atoms with van der Waals surface area (Å²) in [5, 5.41) is 16.8. The standard InChI is InChI=1S/C16H20FN3O/c1-11-4-5-12(9-14(11)17)15-6-7-18-16-13(3-2-8-21)10-19-20(15)16/h4-5,9-10,15,18,21H,2-3,6-8H2,1H3. The van der Waals surface area contributed by atoms with E-state index in [4.69, 9.17) is 5.11 Å². The highest BCUT2D eigenvalue weighted by atomic mass is 19.1. The summed E-state index contributed by atoms with van der Waals surface area (Å²) in [6.07, 6.45) is 4.26. The zero-order chi connectivity index (χ0) is 14.8. The molecular weight excluding hydrogens is 269 g/mol. The monoisotopic (exact) mass is 289 g/mol. The number of hydrogen-bond donors (Lipinski definition) is 2. The van der Waals surface area contributed by atoms with Gasteiger partial charge in [-0.3, -0.25) is 0 Å². The van der Waals surface area contributed by atoms with Gasteiger partial charge in [0.15, 0.2) is 0 Å². The lowest BCUT2D eigenvalue weighted by molar-refractivity contribution is 0.288. The number of aliphatic hydroxyl groups is 1. The molecule has 0 radical (unpaired) electrons. The van der Waals surface area contributed by atoms with Crippen molar-refractivity contribution < 1.29 is 9.50 Å². The highest BCUT2D eigenvalue weighted by Gasteiger charge is 2.24. The van der Waals surface area contributed by atoms with Crippen LogP contribution < -0.4 is 5.32 Å². The molecule has 0 saturated carbocycles. The third-order valence-corrected chi connectivity index (χ3v) is 4.06. The number of benzene rings is 1. The summed E-state index contributed by atoms with van der Waals surface area (Å²) in [4.78, 5) is 0. The number of halogens is 1. The average molecular weight is 289 g/mol. The Morgan fingerprint density at radius 2 is 2.33 bits per heavy atom. The van der Waals surface area contributed by atoms with Gasteiger partial charge < -0.3 is 10.4 Å². The number of aliphatic hydroxyl groups excluding tert-OH is 1. The fourth-order valence-corrected chi connectivity index (χ4v) is 2.86. The fraction of sp³-hybridized carbons (Fsp3) is 0.438. The SMILES string of the molecule is Cc1ccc(C2CCNc3c(CCCO)cnn32)cc1F. The van der Waals surface area contributed by atoms with Crippen molar-refractivity contribution in [1.29, 1.82) is 0 Å². The smallest absolute Gasteiger partial charge is 0.128 e. The molecule has 5 heteroatoms. The Hall–Kier alpha value is -1.88. The molecule has 1 aliphatic heterocycles. The summed E-state index contributed by atoms with van der Waals surface area (Å²) in [6, 6.07) is 5.49. The maximum Gasteiger partial charge on any atom is 0.128 e. The van der Waals surface area contributed by atoms with E-state index >= 15 is 0 Å². The van der Waals surface area contributed by atoms with Gasteiger partial charge in [-0.1, -0.05) is 12.1 Å². The van der Waals surface area contributed by atoms with Crippen LogP contribution in [0.2, 0.25) is 0 Å². The van der Waals surface area contributed by atoms with Gasteiger partial charge in [-0.05, 0) is 43.4 Å². The number of hydrogen-bond acceptors (Lipinski definition) is 3. The molecule has 1 atom stereocenters. The highest BCUT2D eigenvalue weighted by Crippen LogP contribution is 2.32.